The molecule has 3 fully saturated rings. The summed E-state index contributed by atoms with van der Waals surface area (Å²) >= 11 is 0. The molecule has 4 unspecified atom stereocenters. The Morgan fingerprint density at radius 1 is 1.06 bits per heavy atom. The Morgan fingerprint density at radius 3 is 2.44 bits per heavy atom. The van der Waals surface area contributed by atoms with Gasteiger partial charge in [-0.2, -0.15) is 0 Å². The SMILES string of the molecule is CC(C)OC(=O)N1CC(C)N(C(=O)C2CC2)c2ccc(C3CNC(N)C(C4CCCCCC4)N3)cc21. The van der Waals surface area contributed by atoms with Crippen molar-refractivity contribution in [2.24, 2.45) is 17.6 Å². The number of ether oxygens (including phenoxy) is 1. The van der Waals surface area contributed by atoms with E-state index >= 15 is 0 Å². The van der Waals surface area contributed by atoms with Crippen LogP contribution in [0.4, 0.5) is 16.2 Å². The van der Waals surface area contributed by atoms with Crippen LogP contribution in [0.25, 0.3) is 0 Å². The van der Waals surface area contributed by atoms with Gasteiger partial charge in [0.05, 0.1) is 29.7 Å². The van der Waals surface area contributed by atoms with Crippen LogP contribution in [0.5, 0.6) is 0 Å². The van der Waals surface area contributed by atoms with Crippen molar-refractivity contribution in [3.63, 3.8) is 0 Å². The fourth-order valence-electron chi connectivity index (χ4n) is 6.25. The number of anilines is 2. The van der Waals surface area contributed by atoms with Crippen LogP contribution in [0.1, 0.15) is 83.7 Å². The van der Waals surface area contributed by atoms with E-state index in [1.807, 2.05) is 31.7 Å². The molecule has 2 aliphatic heterocycles. The van der Waals surface area contributed by atoms with E-state index in [2.05, 4.69) is 22.8 Å². The summed E-state index contributed by atoms with van der Waals surface area (Å²) in [6, 6.07) is 6.40. The summed E-state index contributed by atoms with van der Waals surface area (Å²) in [7, 11) is 0. The zero-order valence-electron chi connectivity index (χ0n) is 22.0. The minimum absolute atomic E-state index is 0.0630. The topological polar surface area (TPSA) is 99.9 Å². The molecule has 0 radical (unpaired) electrons. The molecule has 0 aromatic heterocycles. The van der Waals surface area contributed by atoms with Crippen LogP contribution in [0.15, 0.2) is 18.2 Å². The van der Waals surface area contributed by atoms with Crippen molar-refractivity contribution < 1.29 is 14.3 Å². The van der Waals surface area contributed by atoms with Gasteiger partial charge in [0.25, 0.3) is 0 Å². The summed E-state index contributed by atoms with van der Waals surface area (Å²) in [5.74, 6) is 0.853. The van der Waals surface area contributed by atoms with Crippen LogP contribution >= 0.6 is 0 Å². The number of carbonyl (C=O) groups is 2. The summed E-state index contributed by atoms with van der Waals surface area (Å²) in [5, 5.41) is 7.41. The number of hydrogen-bond acceptors (Lipinski definition) is 6. The van der Waals surface area contributed by atoms with E-state index in [1.54, 1.807) is 4.90 Å². The molecule has 2 amide bonds. The van der Waals surface area contributed by atoms with E-state index in [4.69, 9.17) is 10.5 Å². The molecule has 4 N–H and O–H groups in total. The average molecular weight is 498 g/mol. The van der Waals surface area contributed by atoms with Crippen molar-refractivity contribution in [1.29, 1.82) is 0 Å². The molecular formula is C28H43N5O3. The summed E-state index contributed by atoms with van der Waals surface area (Å²) in [4.78, 5) is 30.0. The highest BCUT2D eigenvalue weighted by Crippen LogP contribution is 2.42. The van der Waals surface area contributed by atoms with Crippen LogP contribution in [-0.2, 0) is 9.53 Å². The molecule has 2 aliphatic carbocycles. The Labute approximate surface area is 215 Å². The molecule has 4 atom stereocenters. The molecule has 0 spiro atoms. The molecule has 1 aromatic rings. The molecule has 5 rings (SSSR count). The van der Waals surface area contributed by atoms with Gasteiger partial charge in [0, 0.05) is 31.1 Å². The highest BCUT2D eigenvalue weighted by Gasteiger charge is 2.42. The van der Waals surface area contributed by atoms with Crippen LogP contribution < -0.4 is 26.2 Å². The lowest BCUT2D eigenvalue weighted by Gasteiger charge is -2.43. The quantitative estimate of drug-likeness (QED) is 0.543. The van der Waals surface area contributed by atoms with Gasteiger partial charge in [0.1, 0.15) is 0 Å². The summed E-state index contributed by atoms with van der Waals surface area (Å²) in [6.45, 7) is 6.88. The van der Waals surface area contributed by atoms with Crippen molar-refractivity contribution in [3.05, 3.63) is 23.8 Å². The van der Waals surface area contributed by atoms with Crippen molar-refractivity contribution in [2.45, 2.75) is 103 Å². The number of carbonyl (C=O) groups excluding carboxylic acids is 2. The normalized spacial score (nSPS) is 29.6. The van der Waals surface area contributed by atoms with Crippen molar-refractivity contribution in [1.82, 2.24) is 10.6 Å². The van der Waals surface area contributed by atoms with Crippen LogP contribution in [0.3, 0.4) is 0 Å². The molecule has 36 heavy (non-hydrogen) atoms. The maximum absolute atomic E-state index is 13.2. The molecule has 0 bridgehead atoms. The second-order valence-electron chi connectivity index (χ2n) is 11.6. The van der Waals surface area contributed by atoms with E-state index in [-0.39, 0.29) is 48.3 Å². The number of fused-ring (bicyclic) bond motifs is 1. The lowest BCUT2D eigenvalue weighted by Crippen LogP contribution is -2.63. The Kier molecular flexibility index (Phi) is 7.56. The first-order valence-corrected chi connectivity index (χ1v) is 14.0. The molecule has 4 aliphatic rings. The number of benzene rings is 1. The van der Waals surface area contributed by atoms with Gasteiger partial charge in [-0.15, -0.1) is 0 Å². The number of hydrogen-bond donors (Lipinski definition) is 3. The third-order valence-corrected chi connectivity index (χ3v) is 8.31. The molecule has 1 aromatic carbocycles. The van der Waals surface area contributed by atoms with E-state index in [1.165, 1.54) is 38.5 Å². The number of nitrogens with one attached hydrogen (secondary N) is 2. The summed E-state index contributed by atoms with van der Waals surface area (Å²) < 4.78 is 5.60. The van der Waals surface area contributed by atoms with Gasteiger partial charge in [0.15, 0.2) is 0 Å². The fourth-order valence-corrected chi connectivity index (χ4v) is 6.25. The van der Waals surface area contributed by atoms with Crippen molar-refractivity contribution >= 4 is 23.4 Å². The van der Waals surface area contributed by atoms with Gasteiger partial charge in [-0.1, -0.05) is 31.7 Å². The minimum Gasteiger partial charge on any atom is -0.446 e. The minimum atomic E-state index is -0.359. The smallest absolute Gasteiger partial charge is 0.414 e. The van der Waals surface area contributed by atoms with Gasteiger partial charge in [-0.3, -0.25) is 15.0 Å². The standard InChI is InChI=1S/C28H43N5O3/c1-17(2)36-28(35)32-16-18(3)33(27(34)20-10-11-20)23-13-12-21(14-24(23)32)22-15-30-26(29)25(31-22)19-8-6-4-5-7-9-19/h12-14,17-20,22,25-26,30-31H,4-11,15-16,29H2,1-3H3. The van der Waals surface area contributed by atoms with Gasteiger partial charge < -0.3 is 20.7 Å². The predicted octanol–water partition coefficient (Wildman–Crippen LogP) is 4.04. The average Bonchev–Trinajstić information content (AvgIpc) is 3.70. The fraction of sp³-hybridized carbons (Fsp3) is 0.714. The Bertz CT molecular complexity index is 957. The van der Waals surface area contributed by atoms with Crippen molar-refractivity contribution in [3.8, 4) is 0 Å². The van der Waals surface area contributed by atoms with E-state index < -0.39 is 0 Å². The van der Waals surface area contributed by atoms with Crippen LogP contribution in [-0.4, -0.2) is 49.4 Å². The first kappa shape index (κ1) is 25.5. The third-order valence-electron chi connectivity index (χ3n) is 8.31. The van der Waals surface area contributed by atoms with Gasteiger partial charge in [0.2, 0.25) is 5.91 Å². The highest BCUT2D eigenvalue weighted by atomic mass is 16.6. The lowest BCUT2D eigenvalue weighted by molar-refractivity contribution is -0.120. The molecule has 198 valence electrons. The lowest BCUT2D eigenvalue weighted by atomic mass is 9.87. The number of nitrogens with two attached hydrogens (primary N) is 1. The van der Waals surface area contributed by atoms with Gasteiger partial charge >= 0.3 is 6.09 Å². The van der Waals surface area contributed by atoms with E-state index in [0.29, 0.717) is 12.5 Å². The second kappa shape index (κ2) is 10.7. The van der Waals surface area contributed by atoms with Crippen molar-refractivity contribution in [2.75, 3.05) is 22.9 Å². The zero-order valence-corrected chi connectivity index (χ0v) is 22.0. The van der Waals surface area contributed by atoms with Crippen LogP contribution in [0, 0.1) is 11.8 Å². The number of amides is 2. The monoisotopic (exact) mass is 497 g/mol. The Balaban J connectivity index is 1.44. The summed E-state index contributed by atoms with van der Waals surface area (Å²) in [5.41, 5.74) is 9.19. The third kappa shape index (κ3) is 5.27. The molecule has 1 saturated heterocycles. The van der Waals surface area contributed by atoms with E-state index in [9.17, 15) is 9.59 Å². The maximum Gasteiger partial charge on any atom is 0.414 e. The van der Waals surface area contributed by atoms with Gasteiger partial charge in [-0.25, -0.2) is 4.79 Å². The number of rotatable bonds is 4. The highest BCUT2D eigenvalue weighted by molar-refractivity contribution is 6.04. The van der Waals surface area contributed by atoms with Crippen LogP contribution in [0.2, 0.25) is 0 Å². The maximum atomic E-state index is 13.2. The molecule has 2 heterocycles. The largest absolute Gasteiger partial charge is 0.446 e. The molecular weight excluding hydrogens is 454 g/mol. The molecule has 2 saturated carbocycles. The van der Waals surface area contributed by atoms with E-state index in [0.717, 1.165) is 36.3 Å². The summed E-state index contributed by atoms with van der Waals surface area (Å²) in [6.07, 6.45) is 8.89. The first-order valence-electron chi connectivity index (χ1n) is 14.0. The zero-order chi connectivity index (χ0) is 25.4. The molecule has 8 heteroatoms. The second-order valence-corrected chi connectivity index (χ2v) is 11.6. The Hall–Kier alpha value is -2.16. The van der Waals surface area contributed by atoms with Gasteiger partial charge in [-0.05, 0) is 70.1 Å². The number of piperazine rings is 1. The predicted molar refractivity (Wildman–Crippen MR) is 142 cm³/mol. The first-order chi connectivity index (χ1) is 17.3. The number of nitrogens with zero attached hydrogens (tertiary/aromatic N) is 2. The molecule has 8 nitrogen and oxygen atoms in total. The Morgan fingerprint density at radius 2 is 1.78 bits per heavy atom.